The Hall–Kier alpha value is -4.32. The van der Waals surface area contributed by atoms with Crippen LogP contribution in [0.4, 0.5) is 0 Å². The van der Waals surface area contributed by atoms with Gasteiger partial charge in [-0.15, -0.1) is 0 Å². The standard InChI is InChI=1S/C32H24Cl2N2O3/c1-39-32(38)25-9-4-22(5-10-25)19-36-20-30(28-16-13-26(33)18-29(28)34)35-31(36)17-6-21-2-7-23(8-3-21)24-11-14-27(37)15-12-24/h2-18,20,37H,19H2,1H3/b17-6+. The summed E-state index contributed by atoms with van der Waals surface area (Å²) in [5.41, 5.74) is 6.11. The van der Waals surface area contributed by atoms with Crippen molar-refractivity contribution >= 4 is 41.3 Å². The molecule has 4 aromatic carbocycles. The van der Waals surface area contributed by atoms with Gasteiger partial charge in [0.2, 0.25) is 0 Å². The number of aromatic nitrogens is 2. The third kappa shape index (κ3) is 6.23. The molecule has 0 aliphatic heterocycles. The van der Waals surface area contributed by atoms with E-state index >= 15 is 0 Å². The Morgan fingerprint density at radius 1 is 0.897 bits per heavy atom. The van der Waals surface area contributed by atoms with E-state index < -0.39 is 0 Å². The van der Waals surface area contributed by atoms with E-state index in [0.717, 1.165) is 39.3 Å². The Balaban J connectivity index is 1.44. The van der Waals surface area contributed by atoms with Gasteiger partial charge in [-0.05, 0) is 70.8 Å². The third-order valence-electron chi connectivity index (χ3n) is 6.28. The van der Waals surface area contributed by atoms with E-state index in [1.165, 1.54) is 7.11 Å². The van der Waals surface area contributed by atoms with Crippen molar-refractivity contribution in [2.75, 3.05) is 7.11 Å². The number of hydrogen-bond donors (Lipinski definition) is 1. The fourth-order valence-electron chi connectivity index (χ4n) is 4.19. The van der Waals surface area contributed by atoms with Crippen LogP contribution >= 0.6 is 23.2 Å². The molecule has 5 aromatic rings. The average molecular weight is 555 g/mol. The maximum absolute atomic E-state index is 11.8. The molecule has 0 unspecified atom stereocenters. The summed E-state index contributed by atoms with van der Waals surface area (Å²) in [6, 6.07) is 27.9. The van der Waals surface area contributed by atoms with Crippen LogP contribution < -0.4 is 0 Å². The first kappa shape index (κ1) is 26.3. The van der Waals surface area contributed by atoms with Crippen LogP contribution in [-0.4, -0.2) is 27.7 Å². The van der Waals surface area contributed by atoms with Crippen LogP contribution in [0.1, 0.15) is 27.3 Å². The van der Waals surface area contributed by atoms with E-state index in [-0.39, 0.29) is 11.7 Å². The topological polar surface area (TPSA) is 64.4 Å². The van der Waals surface area contributed by atoms with Crippen LogP contribution in [0.2, 0.25) is 10.0 Å². The lowest BCUT2D eigenvalue weighted by molar-refractivity contribution is 0.0600. The van der Waals surface area contributed by atoms with E-state index in [0.29, 0.717) is 22.2 Å². The number of aromatic hydroxyl groups is 1. The average Bonchev–Trinajstić information content (AvgIpc) is 3.34. The molecule has 39 heavy (non-hydrogen) atoms. The molecular weight excluding hydrogens is 531 g/mol. The van der Waals surface area contributed by atoms with Crippen LogP contribution in [-0.2, 0) is 11.3 Å². The van der Waals surface area contributed by atoms with Gasteiger partial charge in [-0.3, -0.25) is 0 Å². The first-order valence-corrected chi connectivity index (χ1v) is 12.9. The monoisotopic (exact) mass is 554 g/mol. The number of ether oxygens (including phenoxy) is 1. The molecule has 0 saturated heterocycles. The maximum atomic E-state index is 11.8. The molecule has 0 fully saturated rings. The molecule has 5 rings (SSSR count). The highest BCUT2D eigenvalue weighted by Crippen LogP contribution is 2.30. The molecule has 0 aliphatic rings. The fourth-order valence-corrected chi connectivity index (χ4v) is 4.69. The zero-order chi connectivity index (χ0) is 27.4. The normalized spacial score (nSPS) is 11.2. The Bertz CT molecular complexity index is 1640. The second-order valence-corrected chi connectivity index (χ2v) is 9.77. The molecule has 0 spiro atoms. The maximum Gasteiger partial charge on any atom is 0.337 e. The molecule has 0 radical (unpaired) electrons. The van der Waals surface area contributed by atoms with Crippen LogP contribution in [0.5, 0.6) is 5.75 Å². The molecule has 1 heterocycles. The summed E-state index contributed by atoms with van der Waals surface area (Å²) in [4.78, 5) is 16.7. The number of carbonyl (C=O) groups excluding carboxylic acids is 1. The van der Waals surface area contributed by atoms with Crippen molar-refractivity contribution in [2.24, 2.45) is 0 Å². The summed E-state index contributed by atoms with van der Waals surface area (Å²) in [6.07, 6.45) is 5.93. The van der Waals surface area contributed by atoms with Gasteiger partial charge in [0.15, 0.2) is 0 Å². The van der Waals surface area contributed by atoms with E-state index in [2.05, 4.69) is 0 Å². The lowest BCUT2D eigenvalue weighted by atomic mass is 10.0. The number of rotatable bonds is 7. The summed E-state index contributed by atoms with van der Waals surface area (Å²) < 4.78 is 6.84. The van der Waals surface area contributed by atoms with Crippen LogP contribution in [0.15, 0.2) is 97.2 Å². The Morgan fingerprint density at radius 3 is 2.21 bits per heavy atom. The molecule has 0 atom stereocenters. The van der Waals surface area contributed by atoms with Gasteiger partial charge in [0.1, 0.15) is 11.6 Å². The Kier molecular flexibility index (Phi) is 7.82. The molecule has 1 N–H and O–H groups in total. The molecule has 0 bridgehead atoms. The molecule has 0 saturated carbocycles. The van der Waals surface area contributed by atoms with Gasteiger partial charge in [0, 0.05) is 23.3 Å². The summed E-state index contributed by atoms with van der Waals surface area (Å²) in [6.45, 7) is 0.541. The zero-order valence-electron chi connectivity index (χ0n) is 21.0. The van der Waals surface area contributed by atoms with E-state index in [9.17, 15) is 9.90 Å². The number of phenols is 1. The van der Waals surface area contributed by atoms with E-state index in [1.807, 2.05) is 77.5 Å². The Morgan fingerprint density at radius 2 is 1.56 bits per heavy atom. The minimum absolute atomic E-state index is 0.243. The first-order chi connectivity index (χ1) is 18.9. The van der Waals surface area contributed by atoms with Gasteiger partial charge < -0.3 is 14.4 Å². The van der Waals surface area contributed by atoms with E-state index in [4.69, 9.17) is 32.9 Å². The van der Waals surface area contributed by atoms with Crippen molar-refractivity contribution in [3.05, 3.63) is 130 Å². The summed E-state index contributed by atoms with van der Waals surface area (Å²) in [5, 5.41) is 10.6. The van der Waals surface area contributed by atoms with Crippen molar-refractivity contribution in [1.82, 2.24) is 9.55 Å². The number of esters is 1. The minimum Gasteiger partial charge on any atom is -0.508 e. The number of phenolic OH excluding ortho intramolecular Hbond substituents is 1. The molecule has 0 aliphatic carbocycles. The highest BCUT2D eigenvalue weighted by atomic mass is 35.5. The lowest BCUT2D eigenvalue weighted by Crippen LogP contribution is -2.03. The van der Waals surface area contributed by atoms with Gasteiger partial charge in [-0.25, -0.2) is 9.78 Å². The largest absolute Gasteiger partial charge is 0.508 e. The zero-order valence-corrected chi connectivity index (χ0v) is 22.5. The SMILES string of the molecule is COC(=O)c1ccc(Cn2cc(-c3ccc(Cl)cc3Cl)nc2/C=C/c2ccc(-c3ccc(O)cc3)cc2)cc1. The van der Waals surface area contributed by atoms with Gasteiger partial charge in [-0.1, -0.05) is 77.8 Å². The summed E-state index contributed by atoms with van der Waals surface area (Å²) in [7, 11) is 1.37. The smallest absolute Gasteiger partial charge is 0.337 e. The second kappa shape index (κ2) is 11.6. The quantitative estimate of drug-likeness (QED) is 0.206. The Labute approximate surface area is 236 Å². The van der Waals surface area contributed by atoms with Crippen molar-refractivity contribution < 1.29 is 14.6 Å². The highest BCUT2D eigenvalue weighted by molar-refractivity contribution is 6.36. The number of imidazole rings is 1. The molecule has 7 heteroatoms. The number of methoxy groups -OCH3 is 1. The summed E-state index contributed by atoms with van der Waals surface area (Å²) in [5.74, 6) is 0.618. The van der Waals surface area contributed by atoms with Crippen molar-refractivity contribution in [1.29, 1.82) is 0 Å². The van der Waals surface area contributed by atoms with E-state index in [1.54, 1.807) is 36.4 Å². The highest BCUT2D eigenvalue weighted by Gasteiger charge is 2.13. The first-order valence-electron chi connectivity index (χ1n) is 12.2. The number of halogens is 2. The number of carbonyl (C=O) groups is 1. The number of nitrogens with zero attached hydrogens (tertiary/aromatic N) is 2. The molecule has 1 aromatic heterocycles. The fraction of sp³-hybridized carbons (Fsp3) is 0.0625. The molecule has 194 valence electrons. The predicted octanol–water partition coefficient (Wildman–Crippen LogP) is 8.23. The number of hydrogen-bond acceptors (Lipinski definition) is 4. The van der Waals surface area contributed by atoms with Gasteiger partial charge in [0.25, 0.3) is 0 Å². The van der Waals surface area contributed by atoms with Crippen LogP contribution in [0, 0.1) is 0 Å². The molecular formula is C32H24Cl2N2O3. The number of benzene rings is 4. The van der Waals surface area contributed by atoms with Gasteiger partial charge in [0.05, 0.1) is 23.4 Å². The van der Waals surface area contributed by atoms with Gasteiger partial charge in [-0.2, -0.15) is 0 Å². The lowest BCUT2D eigenvalue weighted by Gasteiger charge is -2.07. The van der Waals surface area contributed by atoms with Crippen molar-refractivity contribution in [2.45, 2.75) is 6.54 Å². The van der Waals surface area contributed by atoms with Crippen LogP contribution in [0.3, 0.4) is 0 Å². The van der Waals surface area contributed by atoms with Gasteiger partial charge >= 0.3 is 5.97 Å². The van der Waals surface area contributed by atoms with Crippen molar-refractivity contribution in [3.8, 4) is 28.1 Å². The second-order valence-electron chi connectivity index (χ2n) is 8.93. The molecule has 0 amide bonds. The van der Waals surface area contributed by atoms with Crippen LogP contribution in [0.25, 0.3) is 34.5 Å². The summed E-state index contributed by atoms with van der Waals surface area (Å²) >= 11 is 12.6. The third-order valence-corrected chi connectivity index (χ3v) is 6.83. The molecule has 5 nitrogen and oxygen atoms in total. The predicted molar refractivity (Wildman–Crippen MR) is 157 cm³/mol. The van der Waals surface area contributed by atoms with Crippen molar-refractivity contribution in [3.63, 3.8) is 0 Å². The minimum atomic E-state index is -0.371.